The molecule has 6 nitrogen and oxygen atoms in total. The molecule has 26 heavy (non-hydrogen) atoms. The Morgan fingerprint density at radius 2 is 1.81 bits per heavy atom. The highest BCUT2D eigenvalue weighted by Crippen LogP contribution is 2.38. The van der Waals surface area contributed by atoms with Crippen LogP contribution in [0.25, 0.3) is 0 Å². The minimum absolute atomic E-state index is 0.193. The van der Waals surface area contributed by atoms with Crippen LogP contribution in [0.2, 0.25) is 0 Å². The van der Waals surface area contributed by atoms with Crippen molar-refractivity contribution in [2.75, 3.05) is 16.3 Å². The number of carbonyl (C=O) groups excluding carboxylic acids is 1. The van der Waals surface area contributed by atoms with Crippen LogP contribution < -0.4 is 15.4 Å². The molecule has 0 aliphatic heterocycles. The van der Waals surface area contributed by atoms with E-state index in [0.29, 0.717) is 11.4 Å². The summed E-state index contributed by atoms with van der Waals surface area (Å²) in [6.07, 6.45) is 3.79. The minimum atomic E-state index is -3.37. The number of urea groups is 1. The van der Waals surface area contributed by atoms with Crippen LogP contribution in [0.15, 0.2) is 48.5 Å². The fourth-order valence-corrected chi connectivity index (χ4v) is 3.47. The lowest BCUT2D eigenvalue weighted by molar-refractivity contribution is 0.247. The van der Waals surface area contributed by atoms with Crippen LogP contribution in [0.4, 0.5) is 16.2 Å². The molecule has 1 saturated carbocycles. The monoisotopic (exact) mass is 373 g/mol. The van der Waals surface area contributed by atoms with Crippen molar-refractivity contribution in [2.45, 2.75) is 31.7 Å². The quantitative estimate of drug-likeness (QED) is 0.726. The predicted molar refractivity (Wildman–Crippen MR) is 104 cm³/mol. The Morgan fingerprint density at radius 1 is 1.12 bits per heavy atom. The van der Waals surface area contributed by atoms with Gasteiger partial charge < -0.3 is 10.6 Å². The molecule has 1 aliphatic rings. The maximum Gasteiger partial charge on any atom is 0.319 e. The number of amides is 2. The first-order valence-corrected chi connectivity index (χ1v) is 10.4. The second-order valence-corrected chi connectivity index (χ2v) is 8.67. The average molecular weight is 373 g/mol. The molecular weight excluding hydrogens is 350 g/mol. The Balaban J connectivity index is 1.65. The largest absolute Gasteiger partial charge is 0.332 e. The van der Waals surface area contributed by atoms with E-state index in [4.69, 9.17) is 0 Å². The van der Waals surface area contributed by atoms with E-state index in [0.717, 1.165) is 31.1 Å². The molecule has 1 fully saturated rings. The van der Waals surface area contributed by atoms with Crippen molar-refractivity contribution in [1.82, 2.24) is 5.32 Å². The van der Waals surface area contributed by atoms with Gasteiger partial charge in [0.25, 0.3) is 0 Å². The summed E-state index contributed by atoms with van der Waals surface area (Å²) in [6, 6.07) is 14.9. The summed E-state index contributed by atoms with van der Waals surface area (Å²) in [5.74, 6) is 0. The van der Waals surface area contributed by atoms with Crippen LogP contribution in [0.1, 0.15) is 24.0 Å². The third kappa shape index (κ3) is 4.98. The third-order valence-electron chi connectivity index (χ3n) is 4.41. The van der Waals surface area contributed by atoms with E-state index in [1.807, 2.05) is 25.1 Å². The van der Waals surface area contributed by atoms with E-state index in [1.54, 1.807) is 18.2 Å². The molecule has 2 aromatic rings. The molecule has 1 aliphatic carbocycles. The molecule has 0 heterocycles. The third-order valence-corrected chi connectivity index (χ3v) is 5.01. The summed E-state index contributed by atoms with van der Waals surface area (Å²) in [4.78, 5) is 12.4. The lowest BCUT2D eigenvalue weighted by Crippen LogP contribution is -2.41. The molecule has 0 atom stereocenters. The standard InChI is InChI=1S/C19H23N3O3S/c1-14-8-9-16(22-26(2,24)25)12-17(14)20-18(23)21-19(10-11-19)13-15-6-4-3-5-7-15/h3-9,12,22H,10-11,13H2,1-2H3,(H2,20,21,23). The van der Waals surface area contributed by atoms with Crippen molar-refractivity contribution >= 4 is 27.4 Å². The molecule has 7 heteroatoms. The number of rotatable bonds is 6. The molecular formula is C19H23N3O3S. The molecule has 2 amide bonds. The number of hydrogen-bond donors (Lipinski definition) is 3. The molecule has 0 unspecified atom stereocenters. The molecule has 2 aromatic carbocycles. The first-order chi connectivity index (χ1) is 12.2. The summed E-state index contributed by atoms with van der Waals surface area (Å²) in [6.45, 7) is 1.86. The normalized spacial score (nSPS) is 15.2. The Hall–Kier alpha value is -2.54. The van der Waals surface area contributed by atoms with Crippen molar-refractivity contribution in [3.05, 3.63) is 59.7 Å². The van der Waals surface area contributed by atoms with E-state index >= 15 is 0 Å². The number of anilines is 2. The Morgan fingerprint density at radius 3 is 2.42 bits per heavy atom. The topological polar surface area (TPSA) is 87.3 Å². The number of carbonyl (C=O) groups is 1. The second-order valence-electron chi connectivity index (χ2n) is 6.93. The molecule has 3 N–H and O–H groups in total. The number of benzene rings is 2. The zero-order valence-corrected chi connectivity index (χ0v) is 15.7. The zero-order chi connectivity index (χ0) is 18.8. The van der Waals surface area contributed by atoms with Gasteiger partial charge in [0.1, 0.15) is 0 Å². The molecule has 138 valence electrons. The highest BCUT2D eigenvalue weighted by molar-refractivity contribution is 7.92. The fraction of sp³-hybridized carbons (Fsp3) is 0.316. The van der Waals surface area contributed by atoms with Gasteiger partial charge in [-0.15, -0.1) is 0 Å². The Kier molecular flexibility index (Phi) is 4.91. The summed E-state index contributed by atoms with van der Waals surface area (Å²) in [7, 11) is -3.37. The van der Waals surface area contributed by atoms with Crippen molar-refractivity contribution in [3.8, 4) is 0 Å². The molecule has 0 saturated heterocycles. The van der Waals surface area contributed by atoms with Gasteiger partial charge in [-0.1, -0.05) is 36.4 Å². The summed E-state index contributed by atoms with van der Waals surface area (Å²) in [5, 5.41) is 5.90. The maximum atomic E-state index is 12.4. The molecule has 0 bridgehead atoms. The highest BCUT2D eigenvalue weighted by Gasteiger charge is 2.43. The van der Waals surface area contributed by atoms with Gasteiger partial charge in [0, 0.05) is 11.2 Å². The first kappa shape index (κ1) is 18.3. The van der Waals surface area contributed by atoms with Gasteiger partial charge in [0.2, 0.25) is 10.0 Å². The van der Waals surface area contributed by atoms with Crippen molar-refractivity contribution in [3.63, 3.8) is 0 Å². The smallest absolute Gasteiger partial charge is 0.319 e. The fourth-order valence-electron chi connectivity index (χ4n) is 2.91. The molecule has 0 aromatic heterocycles. The SMILES string of the molecule is Cc1ccc(NS(C)(=O)=O)cc1NC(=O)NC1(Cc2ccccc2)CC1. The summed E-state index contributed by atoms with van der Waals surface area (Å²) in [5.41, 5.74) is 2.85. The predicted octanol–water partition coefficient (Wildman–Crippen LogP) is 3.26. The lowest BCUT2D eigenvalue weighted by atomic mass is 10.0. The summed E-state index contributed by atoms with van der Waals surface area (Å²) < 4.78 is 25.2. The number of sulfonamides is 1. The Labute approximate surface area is 154 Å². The van der Waals surface area contributed by atoms with Crippen molar-refractivity contribution in [1.29, 1.82) is 0 Å². The zero-order valence-electron chi connectivity index (χ0n) is 14.9. The average Bonchev–Trinajstić information content (AvgIpc) is 3.29. The van der Waals surface area contributed by atoms with Crippen LogP contribution >= 0.6 is 0 Å². The van der Waals surface area contributed by atoms with Crippen LogP contribution in [0, 0.1) is 6.92 Å². The number of nitrogens with one attached hydrogen (secondary N) is 3. The Bertz CT molecular complexity index is 907. The van der Waals surface area contributed by atoms with Crippen molar-refractivity contribution < 1.29 is 13.2 Å². The minimum Gasteiger partial charge on any atom is -0.332 e. The van der Waals surface area contributed by atoms with E-state index in [1.165, 1.54) is 5.56 Å². The van der Waals surface area contributed by atoms with E-state index in [-0.39, 0.29) is 11.6 Å². The molecule has 0 spiro atoms. The van der Waals surface area contributed by atoms with Gasteiger partial charge in [-0.3, -0.25) is 4.72 Å². The lowest BCUT2D eigenvalue weighted by Gasteiger charge is -2.19. The van der Waals surface area contributed by atoms with Gasteiger partial charge in [0.05, 0.1) is 11.9 Å². The summed E-state index contributed by atoms with van der Waals surface area (Å²) >= 11 is 0. The van der Waals surface area contributed by atoms with Gasteiger partial charge >= 0.3 is 6.03 Å². The first-order valence-electron chi connectivity index (χ1n) is 8.46. The highest BCUT2D eigenvalue weighted by atomic mass is 32.2. The van der Waals surface area contributed by atoms with Gasteiger partial charge in [-0.05, 0) is 49.4 Å². The van der Waals surface area contributed by atoms with Crippen LogP contribution in [0.3, 0.4) is 0 Å². The second kappa shape index (κ2) is 6.99. The maximum absolute atomic E-state index is 12.4. The van der Waals surface area contributed by atoms with Gasteiger partial charge in [-0.25, -0.2) is 13.2 Å². The van der Waals surface area contributed by atoms with Crippen molar-refractivity contribution in [2.24, 2.45) is 0 Å². The van der Waals surface area contributed by atoms with Crippen LogP contribution in [0.5, 0.6) is 0 Å². The van der Waals surface area contributed by atoms with E-state index in [2.05, 4.69) is 27.5 Å². The van der Waals surface area contributed by atoms with Crippen LogP contribution in [-0.2, 0) is 16.4 Å². The van der Waals surface area contributed by atoms with Gasteiger partial charge in [-0.2, -0.15) is 0 Å². The molecule has 3 rings (SSSR count). The molecule has 0 radical (unpaired) electrons. The number of aryl methyl sites for hydroxylation is 1. The number of hydrogen-bond acceptors (Lipinski definition) is 3. The van der Waals surface area contributed by atoms with E-state index in [9.17, 15) is 13.2 Å². The van der Waals surface area contributed by atoms with Crippen LogP contribution in [-0.4, -0.2) is 26.2 Å². The van der Waals surface area contributed by atoms with E-state index < -0.39 is 10.0 Å². The van der Waals surface area contributed by atoms with Gasteiger partial charge in [0.15, 0.2) is 0 Å².